The predicted octanol–water partition coefficient (Wildman–Crippen LogP) is 1.37. The number of halogens is 2. The number of hydrogen-bond donors (Lipinski definition) is 2. The van der Waals surface area contributed by atoms with E-state index in [4.69, 9.17) is 5.11 Å². The summed E-state index contributed by atoms with van der Waals surface area (Å²) in [4.78, 5) is 3.88. The molecule has 0 saturated heterocycles. The lowest BCUT2D eigenvalue weighted by Crippen LogP contribution is -2.23. The predicted molar refractivity (Wildman–Crippen MR) is 42.1 cm³/mol. The monoisotopic (exact) mass is 189 g/mol. The van der Waals surface area contributed by atoms with E-state index in [0.29, 0.717) is 0 Å². The number of phenolic OH excluding ortho intramolecular Hbond substituents is 1. The van der Waals surface area contributed by atoms with Gasteiger partial charge in [0.1, 0.15) is 12.4 Å². The van der Waals surface area contributed by atoms with Crippen molar-refractivity contribution in [2.75, 3.05) is 6.61 Å². The minimum atomic E-state index is -3.12. The lowest BCUT2D eigenvalue weighted by atomic mass is 10.1. The molecule has 0 atom stereocenters. The van der Waals surface area contributed by atoms with Gasteiger partial charge in [-0.05, 0) is 24.3 Å². The summed E-state index contributed by atoms with van der Waals surface area (Å²) in [6, 6.07) is 4.60. The van der Waals surface area contributed by atoms with E-state index in [9.17, 15) is 8.78 Å². The van der Waals surface area contributed by atoms with Gasteiger partial charge in [0.05, 0.1) is 0 Å². The van der Waals surface area contributed by atoms with Crippen LogP contribution in [0, 0.1) is 0 Å². The number of aromatic hydroxyl groups is 1. The Hall–Kier alpha value is -1.20. The Labute approximate surface area is 73.7 Å². The molecule has 0 amide bonds. The topological polar surface area (TPSA) is 55.5 Å². The summed E-state index contributed by atoms with van der Waals surface area (Å²) in [5, 5.41) is 8.85. The summed E-state index contributed by atoms with van der Waals surface area (Å²) in [5.41, 5.74) is -0.240. The van der Waals surface area contributed by atoms with Gasteiger partial charge >= 0.3 is 0 Å². The van der Waals surface area contributed by atoms with Crippen molar-refractivity contribution in [2.45, 2.75) is 5.92 Å². The third-order valence-corrected chi connectivity index (χ3v) is 1.55. The standard InChI is InChI=1S/C8H9F2NO2/c9-8(10,5-13-11)6-1-3-7(12)4-2-6/h1-4,12H,5,11H2. The van der Waals surface area contributed by atoms with Gasteiger partial charge in [-0.25, -0.2) is 5.90 Å². The van der Waals surface area contributed by atoms with Crippen LogP contribution in [0.25, 0.3) is 0 Å². The van der Waals surface area contributed by atoms with Crippen LogP contribution in [0.3, 0.4) is 0 Å². The number of rotatable bonds is 3. The van der Waals surface area contributed by atoms with Crippen molar-refractivity contribution in [3.8, 4) is 5.75 Å². The molecule has 3 nitrogen and oxygen atoms in total. The van der Waals surface area contributed by atoms with Crippen LogP contribution >= 0.6 is 0 Å². The second-order valence-electron chi connectivity index (χ2n) is 2.56. The molecule has 72 valence electrons. The van der Waals surface area contributed by atoms with Crippen molar-refractivity contribution in [2.24, 2.45) is 5.90 Å². The highest BCUT2D eigenvalue weighted by molar-refractivity contribution is 5.28. The third-order valence-electron chi connectivity index (χ3n) is 1.55. The number of nitrogens with two attached hydrogens (primary N) is 1. The van der Waals surface area contributed by atoms with Crippen LogP contribution in [0.15, 0.2) is 24.3 Å². The fourth-order valence-corrected chi connectivity index (χ4v) is 0.893. The van der Waals surface area contributed by atoms with Gasteiger partial charge in [-0.3, -0.25) is 4.84 Å². The molecule has 0 bridgehead atoms. The highest BCUT2D eigenvalue weighted by Gasteiger charge is 2.31. The molecule has 0 radical (unpaired) electrons. The lowest BCUT2D eigenvalue weighted by molar-refractivity contribution is -0.0837. The SMILES string of the molecule is NOCC(F)(F)c1ccc(O)cc1. The molecule has 0 fully saturated rings. The minimum absolute atomic E-state index is 0.0618. The molecular weight excluding hydrogens is 180 g/mol. The minimum Gasteiger partial charge on any atom is -0.508 e. The molecule has 0 heterocycles. The Morgan fingerprint density at radius 2 is 1.85 bits per heavy atom. The summed E-state index contributed by atoms with van der Waals surface area (Å²) in [6.07, 6.45) is 0. The Morgan fingerprint density at radius 1 is 1.31 bits per heavy atom. The van der Waals surface area contributed by atoms with Gasteiger partial charge < -0.3 is 5.11 Å². The van der Waals surface area contributed by atoms with E-state index in [1.807, 2.05) is 0 Å². The molecule has 0 aliphatic carbocycles. The Bertz CT molecular complexity index is 274. The second-order valence-corrected chi connectivity index (χ2v) is 2.56. The zero-order valence-electron chi connectivity index (χ0n) is 6.71. The van der Waals surface area contributed by atoms with Crippen LogP contribution in [0.5, 0.6) is 5.75 Å². The van der Waals surface area contributed by atoms with Crippen LogP contribution < -0.4 is 5.90 Å². The summed E-state index contributed by atoms with van der Waals surface area (Å²) in [5.74, 6) is 1.37. The molecule has 13 heavy (non-hydrogen) atoms. The first kappa shape index (κ1) is 9.88. The quantitative estimate of drug-likeness (QED) is 0.706. The van der Waals surface area contributed by atoms with E-state index in [-0.39, 0.29) is 11.3 Å². The maximum atomic E-state index is 13.0. The summed E-state index contributed by atoms with van der Waals surface area (Å²) >= 11 is 0. The number of benzene rings is 1. The molecule has 0 aliphatic rings. The van der Waals surface area contributed by atoms with Gasteiger partial charge in [0.15, 0.2) is 0 Å². The van der Waals surface area contributed by atoms with Crippen LogP contribution in [-0.2, 0) is 10.8 Å². The van der Waals surface area contributed by atoms with E-state index in [1.165, 1.54) is 12.1 Å². The Balaban J connectivity index is 2.87. The van der Waals surface area contributed by atoms with E-state index < -0.39 is 12.5 Å². The normalized spacial score (nSPS) is 11.6. The maximum absolute atomic E-state index is 13.0. The van der Waals surface area contributed by atoms with Gasteiger partial charge in [0.25, 0.3) is 5.92 Å². The molecule has 1 aromatic rings. The molecule has 1 rings (SSSR count). The first-order valence-electron chi connectivity index (χ1n) is 3.55. The largest absolute Gasteiger partial charge is 0.508 e. The fourth-order valence-electron chi connectivity index (χ4n) is 0.893. The van der Waals surface area contributed by atoms with Gasteiger partial charge in [-0.15, -0.1) is 0 Å². The smallest absolute Gasteiger partial charge is 0.298 e. The van der Waals surface area contributed by atoms with Crippen LogP contribution in [0.4, 0.5) is 8.78 Å². The fraction of sp³-hybridized carbons (Fsp3) is 0.250. The van der Waals surface area contributed by atoms with Crippen LogP contribution in [-0.4, -0.2) is 11.7 Å². The van der Waals surface area contributed by atoms with E-state index in [0.717, 1.165) is 12.1 Å². The van der Waals surface area contributed by atoms with Crippen molar-refractivity contribution in [3.05, 3.63) is 29.8 Å². The molecule has 0 saturated carbocycles. The first-order valence-corrected chi connectivity index (χ1v) is 3.55. The number of phenols is 1. The molecule has 1 aromatic carbocycles. The van der Waals surface area contributed by atoms with Crippen LogP contribution in [0.2, 0.25) is 0 Å². The van der Waals surface area contributed by atoms with E-state index in [1.54, 1.807) is 0 Å². The zero-order chi connectivity index (χ0) is 9.90. The van der Waals surface area contributed by atoms with Crippen molar-refractivity contribution in [1.82, 2.24) is 0 Å². The molecular formula is C8H9F2NO2. The summed E-state index contributed by atoms with van der Waals surface area (Å²) in [6.45, 7) is -0.877. The van der Waals surface area contributed by atoms with Crippen molar-refractivity contribution >= 4 is 0 Å². The molecule has 5 heteroatoms. The average molecular weight is 189 g/mol. The molecule has 0 aromatic heterocycles. The van der Waals surface area contributed by atoms with Crippen LogP contribution in [0.1, 0.15) is 5.56 Å². The highest BCUT2D eigenvalue weighted by Crippen LogP contribution is 2.28. The van der Waals surface area contributed by atoms with Gasteiger partial charge in [0.2, 0.25) is 0 Å². The first-order chi connectivity index (χ1) is 6.06. The highest BCUT2D eigenvalue weighted by atomic mass is 19.3. The number of alkyl halides is 2. The van der Waals surface area contributed by atoms with Crippen molar-refractivity contribution in [3.63, 3.8) is 0 Å². The second kappa shape index (κ2) is 3.68. The van der Waals surface area contributed by atoms with E-state index in [2.05, 4.69) is 10.7 Å². The maximum Gasteiger partial charge on any atom is 0.298 e. The molecule has 0 spiro atoms. The van der Waals surface area contributed by atoms with Crippen molar-refractivity contribution < 1.29 is 18.7 Å². The summed E-state index contributed by atoms with van der Waals surface area (Å²) in [7, 11) is 0. The zero-order valence-corrected chi connectivity index (χ0v) is 6.71. The number of hydrogen-bond acceptors (Lipinski definition) is 3. The van der Waals surface area contributed by atoms with Gasteiger partial charge in [0, 0.05) is 5.56 Å². The average Bonchev–Trinajstić information content (AvgIpc) is 2.05. The van der Waals surface area contributed by atoms with Gasteiger partial charge in [-0.2, -0.15) is 8.78 Å². The summed E-state index contributed by atoms with van der Waals surface area (Å²) < 4.78 is 26.0. The van der Waals surface area contributed by atoms with Crippen molar-refractivity contribution in [1.29, 1.82) is 0 Å². The Morgan fingerprint density at radius 3 is 2.31 bits per heavy atom. The molecule has 0 aliphatic heterocycles. The molecule has 0 unspecified atom stereocenters. The Kier molecular flexibility index (Phi) is 2.79. The lowest BCUT2D eigenvalue weighted by Gasteiger charge is -2.14. The molecule has 3 N–H and O–H groups in total. The third kappa shape index (κ3) is 2.37. The van der Waals surface area contributed by atoms with E-state index >= 15 is 0 Å². The van der Waals surface area contributed by atoms with Gasteiger partial charge in [-0.1, -0.05) is 0 Å².